The Morgan fingerprint density at radius 2 is 1.90 bits per heavy atom. The molecule has 2 heterocycles. The van der Waals surface area contributed by atoms with E-state index in [0.29, 0.717) is 42.2 Å². The van der Waals surface area contributed by atoms with Gasteiger partial charge in [0.15, 0.2) is 0 Å². The summed E-state index contributed by atoms with van der Waals surface area (Å²) < 4.78 is 29.4. The summed E-state index contributed by atoms with van der Waals surface area (Å²) in [5.74, 6) is -0.550. The van der Waals surface area contributed by atoms with Crippen LogP contribution in [0.4, 0.5) is 5.69 Å². The third kappa shape index (κ3) is 4.69. The third-order valence-electron chi connectivity index (χ3n) is 5.57. The minimum atomic E-state index is -3.51. The van der Waals surface area contributed by atoms with Crippen LogP contribution >= 0.6 is 22.9 Å². The maximum absolute atomic E-state index is 12.8. The van der Waals surface area contributed by atoms with Gasteiger partial charge in [-0.2, -0.15) is 0 Å². The maximum Gasteiger partial charge on any atom is 0.307 e. The molecule has 0 unspecified atom stereocenters. The van der Waals surface area contributed by atoms with Crippen molar-refractivity contribution in [1.29, 1.82) is 0 Å². The normalized spacial score (nSPS) is 15.9. The molecule has 31 heavy (non-hydrogen) atoms. The summed E-state index contributed by atoms with van der Waals surface area (Å²) in [5.41, 5.74) is 2.03. The molecule has 1 amide bonds. The Morgan fingerprint density at radius 3 is 2.61 bits per heavy atom. The fourth-order valence-corrected chi connectivity index (χ4v) is 6.55. The molecule has 0 aliphatic carbocycles. The molecule has 1 aromatic heterocycles. The number of aromatic nitrogens is 1. The molecule has 2 aromatic carbocycles. The van der Waals surface area contributed by atoms with Gasteiger partial charge < -0.3 is 9.88 Å². The van der Waals surface area contributed by atoms with Crippen LogP contribution in [0.25, 0.3) is 10.2 Å². The number of sulfonamides is 1. The van der Waals surface area contributed by atoms with E-state index < -0.39 is 10.0 Å². The van der Waals surface area contributed by atoms with Crippen molar-refractivity contribution < 1.29 is 13.2 Å². The highest BCUT2D eigenvalue weighted by Gasteiger charge is 2.31. The monoisotopic (exact) mass is 479 g/mol. The molecule has 4 rings (SSSR count). The van der Waals surface area contributed by atoms with E-state index >= 15 is 0 Å². The van der Waals surface area contributed by atoms with Crippen LogP contribution in [-0.2, 0) is 27.6 Å². The van der Waals surface area contributed by atoms with E-state index in [1.54, 1.807) is 48.0 Å². The number of carbonyl (C=O) groups is 1. The van der Waals surface area contributed by atoms with Gasteiger partial charge in [-0.15, -0.1) is 0 Å². The number of benzene rings is 2. The minimum Gasteiger partial charge on any atom is -0.326 e. The quantitative estimate of drug-likeness (QED) is 0.607. The molecular formula is C21H22ClN3O4S2. The average molecular weight is 480 g/mol. The molecule has 1 saturated heterocycles. The number of aryl methyl sites for hydroxylation is 1. The number of halogens is 1. The van der Waals surface area contributed by atoms with Gasteiger partial charge in [0.05, 0.1) is 16.0 Å². The number of nitrogens with zero attached hydrogens (tertiary/aromatic N) is 2. The van der Waals surface area contributed by atoms with Crippen molar-refractivity contribution >= 4 is 54.8 Å². The zero-order valence-corrected chi connectivity index (χ0v) is 19.3. The molecule has 0 radical (unpaired) electrons. The Kier molecular flexibility index (Phi) is 6.20. The predicted molar refractivity (Wildman–Crippen MR) is 124 cm³/mol. The van der Waals surface area contributed by atoms with Gasteiger partial charge in [0, 0.05) is 36.8 Å². The number of hydrogen-bond donors (Lipinski definition) is 1. The number of hydrogen-bond acceptors (Lipinski definition) is 5. The first-order valence-electron chi connectivity index (χ1n) is 9.86. The number of fused-ring (bicyclic) bond motifs is 1. The molecule has 0 bridgehead atoms. The van der Waals surface area contributed by atoms with E-state index in [1.807, 2.05) is 6.07 Å². The van der Waals surface area contributed by atoms with Crippen LogP contribution in [0.5, 0.6) is 0 Å². The molecule has 10 heteroatoms. The molecule has 0 spiro atoms. The lowest BCUT2D eigenvalue weighted by Crippen LogP contribution is -2.41. The van der Waals surface area contributed by atoms with Gasteiger partial charge in [0.25, 0.3) is 0 Å². The van der Waals surface area contributed by atoms with Gasteiger partial charge in [-0.1, -0.05) is 41.1 Å². The van der Waals surface area contributed by atoms with Crippen LogP contribution in [0, 0.1) is 5.92 Å². The van der Waals surface area contributed by atoms with Crippen LogP contribution in [0.2, 0.25) is 5.02 Å². The highest BCUT2D eigenvalue weighted by molar-refractivity contribution is 7.88. The van der Waals surface area contributed by atoms with Crippen LogP contribution in [0.3, 0.4) is 0 Å². The molecule has 1 N–H and O–H groups in total. The van der Waals surface area contributed by atoms with E-state index in [1.165, 1.54) is 4.31 Å². The molecule has 7 nitrogen and oxygen atoms in total. The number of anilines is 1. The zero-order valence-electron chi connectivity index (χ0n) is 16.9. The second-order valence-electron chi connectivity index (χ2n) is 7.62. The molecule has 1 fully saturated rings. The number of amides is 1. The smallest absolute Gasteiger partial charge is 0.307 e. The van der Waals surface area contributed by atoms with E-state index in [-0.39, 0.29) is 22.5 Å². The number of nitrogens with one attached hydrogen (secondary N) is 1. The topological polar surface area (TPSA) is 88.5 Å². The largest absolute Gasteiger partial charge is 0.326 e. The number of carbonyl (C=O) groups excluding carboxylic acids is 1. The van der Waals surface area contributed by atoms with Crippen molar-refractivity contribution in [1.82, 2.24) is 8.87 Å². The summed E-state index contributed by atoms with van der Waals surface area (Å²) in [4.78, 5) is 24.5. The molecule has 3 aromatic rings. The Morgan fingerprint density at radius 1 is 1.19 bits per heavy atom. The summed E-state index contributed by atoms with van der Waals surface area (Å²) in [5, 5.41) is 3.34. The Balaban J connectivity index is 1.37. The summed E-state index contributed by atoms with van der Waals surface area (Å²) in [6.07, 6.45) is 0.906. The maximum atomic E-state index is 12.8. The van der Waals surface area contributed by atoms with E-state index in [0.717, 1.165) is 21.6 Å². The lowest BCUT2D eigenvalue weighted by atomic mass is 9.97. The molecule has 0 atom stereocenters. The van der Waals surface area contributed by atoms with Crippen molar-refractivity contribution in [2.24, 2.45) is 13.0 Å². The second kappa shape index (κ2) is 8.74. The molecule has 164 valence electrons. The second-order valence-corrected chi connectivity index (χ2v) is 11.0. The van der Waals surface area contributed by atoms with Gasteiger partial charge in [0.2, 0.25) is 15.9 Å². The van der Waals surface area contributed by atoms with E-state index in [4.69, 9.17) is 11.6 Å². The number of rotatable bonds is 5. The molecular weight excluding hydrogens is 458 g/mol. The van der Waals surface area contributed by atoms with Gasteiger partial charge >= 0.3 is 4.87 Å². The molecule has 1 aliphatic heterocycles. The van der Waals surface area contributed by atoms with Gasteiger partial charge in [0.1, 0.15) is 0 Å². The lowest BCUT2D eigenvalue weighted by molar-refractivity contribution is -0.120. The first-order valence-corrected chi connectivity index (χ1v) is 12.7. The predicted octanol–water partition coefficient (Wildman–Crippen LogP) is 3.43. The van der Waals surface area contributed by atoms with Crippen LogP contribution < -0.4 is 10.2 Å². The molecule has 0 saturated carbocycles. The summed E-state index contributed by atoms with van der Waals surface area (Å²) in [7, 11) is -1.79. The average Bonchev–Trinajstić information content (AvgIpc) is 3.03. The summed E-state index contributed by atoms with van der Waals surface area (Å²) >= 11 is 7.24. The van der Waals surface area contributed by atoms with Crippen molar-refractivity contribution in [3.8, 4) is 0 Å². The Labute approximate surface area is 189 Å². The van der Waals surface area contributed by atoms with E-state index in [9.17, 15) is 18.0 Å². The van der Waals surface area contributed by atoms with Gasteiger partial charge in [-0.05, 0) is 42.7 Å². The van der Waals surface area contributed by atoms with Gasteiger partial charge in [-0.3, -0.25) is 9.59 Å². The summed E-state index contributed by atoms with van der Waals surface area (Å²) in [6, 6.07) is 12.3. The fraction of sp³-hybridized carbons (Fsp3) is 0.333. The van der Waals surface area contributed by atoms with Crippen LogP contribution in [0.1, 0.15) is 18.4 Å². The van der Waals surface area contributed by atoms with Crippen molar-refractivity contribution in [3.05, 3.63) is 62.7 Å². The Hall–Kier alpha value is -2.20. The van der Waals surface area contributed by atoms with Crippen molar-refractivity contribution in [2.75, 3.05) is 18.4 Å². The lowest BCUT2D eigenvalue weighted by Gasteiger charge is -2.30. The SMILES string of the molecule is Cn1c(=O)sc2cc(NC(=O)C3CCN(S(=O)(=O)Cc4ccccc4Cl)CC3)ccc21. The number of thiazole rings is 1. The standard InChI is InChI=1S/C21H22ClN3O4S2/c1-24-18-7-6-16(12-19(18)30-21(24)27)23-20(26)14-8-10-25(11-9-14)31(28,29)13-15-4-2-3-5-17(15)22/h2-7,12,14H,8-11,13H2,1H3,(H,23,26). The van der Waals surface area contributed by atoms with Crippen LogP contribution in [0.15, 0.2) is 47.3 Å². The zero-order chi connectivity index (χ0) is 22.2. The third-order valence-corrected chi connectivity index (χ3v) is 8.77. The molecule has 1 aliphatic rings. The van der Waals surface area contributed by atoms with Crippen molar-refractivity contribution in [2.45, 2.75) is 18.6 Å². The summed E-state index contributed by atoms with van der Waals surface area (Å²) in [6.45, 7) is 0.592. The minimum absolute atomic E-state index is 0.0520. The van der Waals surface area contributed by atoms with Gasteiger partial charge in [-0.25, -0.2) is 12.7 Å². The first kappa shape index (κ1) is 22.0. The van der Waals surface area contributed by atoms with Crippen molar-refractivity contribution in [3.63, 3.8) is 0 Å². The van der Waals surface area contributed by atoms with E-state index in [2.05, 4.69) is 5.32 Å². The fourth-order valence-electron chi connectivity index (χ4n) is 3.76. The van der Waals surface area contributed by atoms with Crippen LogP contribution in [-0.4, -0.2) is 36.3 Å². The highest BCUT2D eigenvalue weighted by atomic mass is 35.5. The highest BCUT2D eigenvalue weighted by Crippen LogP contribution is 2.26. The Bertz CT molecular complexity index is 1290. The number of piperidine rings is 1. The first-order chi connectivity index (χ1) is 14.7.